The van der Waals surface area contributed by atoms with Crippen LogP contribution in [0.4, 0.5) is 20.3 Å². The fraction of sp³-hybridized carbons (Fsp3) is 0. The largest absolute Gasteiger partial charge is 1.00 e. The predicted molar refractivity (Wildman–Crippen MR) is 62.8 cm³/mol. The van der Waals surface area contributed by atoms with Crippen LogP contribution in [0.5, 0.6) is 0 Å². The van der Waals surface area contributed by atoms with Crippen LogP contribution >= 0.6 is 0 Å². The van der Waals surface area contributed by atoms with Crippen molar-refractivity contribution < 1.29 is 43.0 Å². The molecule has 0 atom stereocenters. The molecule has 0 radical (unpaired) electrons. The van der Waals surface area contributed by atoms with E-state index < -0.39 is 17.6 Å². The fourth-order valence-electron chi connectivity index (χ4n) is 1.40. The summed E-state index contributed by atoms with van der Waals surface area (Å²) in [6.45, 7) is 0. The Balaban J connectivity index is 0.00000180. The van der Waals surface area contributed by atoms with Crippen LogP contribution < -0.4 is 24.2 Å². The van der Waals surface area contributed by atoms with E-state index in [0.717, 1.165) is 12.3 Å². The first-order valence-corrected chi connectivity index (χ1v) is 4.97. The van der Waals surface area contributed by atoms with Gasteiger partial charge < -0.3 is 15.9 Å². The number of benzene rings is 1. The molecule has 0 bridgehead atoms. The Labute approximate surface area is 125 Å². The van der Waals surface area contributed by atoms with Gasteiger partial charge in [-0.25, -0.2) is 18.6 Å². The minimum Gasteiger partial charge on any atom is -0.870 e. The summed E-state index contributed by atoms with van der Waals surface area (Å²) in [5.41, 5.74) is 0.0101. The van der Waals surface area contributed by atoms with Crippen LogP contribution in [-0.4, -0.2) is 21.5 Å². The van der Waals surface area contributed by atoms with Crippen LogP contribution in [-0.2, 0) is 0 Å². The molecule has 0 fully saturated rings. The number of hydrogen-bond donors (Lipinski definition) is 2. The normalized spacial score (nSPS) is 9.10. The molecule has 5 nitrogen and oxygen atoms in total. The van der Waals surface area contributed by atoms with Crippen LogP contribution in [0.25, 0.3) is 0 Å². The van der Waals surface area contributed by atoms with Crippen LogP contribution in [0, 0.1) is 11.6 Å². The monoisotopic (exact) mass is 274 g/mol. The first-order valence-electron chi connectivity index (χ1n) is 4.97. The van der Waals surface area contributed by atoms with Gasteiger partial charge in [-0.15, -0.1) is 0 Å². The Bertz CT molecular complexity index is 611. The van der Waals surface area contributed by atoms with Gasteiger partial charge in [-0.2, -0.15) is 0 Å². The molecule has 0 unspecified atom stereocenters. The number of nitrogens with one attached hydrogen (secondary N) is 1. The number of carboxylic acids is 1. The number of hydrogen-bond acceptors (Lipinski definition) is 4. The summed E-state index contributed by atoms with van der Waals surface area (Å²) in [6, 6.07) is 6.27. The summed E-state index contributed by atoms with van der Waals surface area (Å²) in [4.78, 5) is 14.5. The Morgan fingerprint density at radius 3 is 2.50 bits per heavy atom. The molecule has 2 rings (SSSR count). The van der Waals surface area contributed by atoms with E-state index in [9.17, 15) is 13.6 Å². The predicted octanol–water partition coefficient (Wildman–Crippen LogP) is -0.371. The van der Waals surface area contributed by atoms with Crippen LogP contribution in [0.15, 0.2) is 36.5 Å². The summed E-state index contributed by atoms with van der Waals surface area (Å²) in [7, 11) is 0. The zero-order valence-corrected chi connectivity index (χ0v) is 10.5. The summed E-state index contributed by atoms with van der Waals surface area (Å²) >= 11 is 0. The zero-order chi connectivity index (χ0) is 13.1. The maximum absolute atomic E-state index is 13.0. The molecule has 1 aromatic heterocycles. The van der Waals surface area contributed by atoms with Crippen molar-refractivity contribution in [1.82, 2.24) is 4.98 Å². The molecule has 0 aliphatic rings. The third-order valence-corrected chi connectivity index (χ3v) is 2.17. The second-order valence-corrected chi connectivity index (χ2v) is 3.49. The minimum absolute atomic E-state index is 0. The number of carbonyl (C=O) groups is 1. The summed E-state index contributed by atoms with van der Waals surface area (Å²) in [6.07, 6.45) is 0.883. The van der Waals surface area contributed by atoms with E-state index in [-0.39, 0.29) is 35.7 Å². The molecule has 20 heavy (non-hydrogen) atoms. The number of aromatic carboxylic acids is 1. The average Bonchev–Trinajstić information content (AvgIpc) is 2.31. The topological polar surface area (TPSA) is 92.2 Å². The summed E-state index contributed by atoms with van der Waals surface area (Å²) in [5, 5.41) is 11.5. The van der Waals surface area contributed by atoms with E-state index in [0.29, 0.717) is 5.69 Å². The molecule has 2 aromatic rings. The fourth-order valence-corrected chi connectivity index (χ4v) is 1.40. The number of pyridine rings is 1. The van der Waals surface area contributed by atoms with Gasteiger partial charge in [0.25, 0.3) is 0 Å². The third-order valence-electron chi connectivity index (χ3n) is 2.17. The van der Waals surface area contributed by atoms with E-state index in [1.165, 1.54) is 18.2 Å². The molecular formula is C12H9F2LiN2O3. The Morgan fingerprint density at radius 2 is 1.90 bits per heavy atom. The average molecular weight is 274 g/mol. The van der Waals surface area contributed by atoms with Crippen molar-refractivity contribution in [3.05, 3.63) is 53.7 Å². The molecular weight excluding hydrogens is 265 g/mol. The van der Waals surface area contributed by atoms with E-state index in [1.807, 2.05) is 0 Å². The van der Waals surface area contributed by atoms with Gasteiger partial charge in [0.1, 0.15) is 23.0 Å². The van der Waals surface area contributed by atoms with Crippen molar-refractivity contribution in [3.63, 3.8) is 0 Å². The van der Waals surface area contributed by atoms with E-state index >= 15 is 0 Å². The number of carboxylic acid groups (broad SMARTS) is 1. The van der Waals surface area contributed by atoms with Gasteiger partial charge in [-0.3, -0.25) is 0 Å². The molecule has 0 saturated carbocycles. The van der Waals surface area contributed by atoms with E-state index in [1.54, 1.807) is 6.07 Å². The first-order chi connectivity index (χ1) is 8.56. The third kappa shape index (κ3) is 4.31. The van der Waals surface area contributed by atoms with Gasteiger partial charge in [0.05, 0.1) is 6.20 Å². The maximum atomic E-state index is 13.0. The van der Waals surface area contributed by atoms with Gasteiger partial charge in [0, 0.05) is 5.69 Å². The standard InChI is InChI=1S/C12H8F2N2O2.Li.H2O/c13-7-2-1-3-9(4-7)16-11-10(12(17)18)5-8(14)6-15-11;;/h1-6H,(H,15,16)(H,17,18);;1H2/q;+1;/p-1. The Kier molecular flexibility index (Phi) is 6.86. The van der Waals surface area contributed by atoms with Crippen molar-refractivity contribution in [2.75, 3.05) is 5.32 Å². The summed E-state index contributed by atoms with van der Waals surface area (Å²) < 4.78 is 25.9. The van der Waals surface area contributed by atoms with Crippen molar-refractivity contribution in [3.8, 4) is 0 Å². The Hall–Kier alpha value is -1.94. The second-order valence-electron chi connectivity index (χ2n) is 3.49. The van der Waals surface area contributed by atoms with Crippen LogP contribution in [0.2, 0.25) is 0 Å². The van der Waals surface area contributed by atoms with Crippen molar-refractivity contribution in [1.29, 1.82) is 0 Å². The molecule has 0 spiro atoms. The SMILES string of the molecule is O=C(O)c1cc(F)cnc1Nc1cccc(F)c1.[Li+].[OH-]. The molecule has 8 heteroatoms. The summed E-state index contributed by atoms with van der Waals surface area (Å²) in [5.74, 6) is -2.59. The van der Waals surface area contributed by atoms with Crippen molar-refractivity contribution in [2.45, 2.75) is 0 Å². The van der Waals surface area contributed by atoms with Crippen LogP contribution in [0.3, 0.4) is 0 Å². The number of halogens is 2. The zero-order valence-electron chi connectivity index (χ0n) is 10.5. The van der Waals surface area contributed by atoms with Gasteiger partial charge in [0.2, 0.25) is 0 Å². The van der Waals surface area contributed by atoms with E-state index in [4.69, 9.17) is 5.11 Å². The maximum Gasteiger partial charge on any atom is 1.00 e. The molecule has 1 heterocycles. The Morgan fingerprint density at radius 1 is 1.20 bits per heavy atom. The smallest absolute Gasteiger partial charge is 0.870 e. The number of aromatic nitrogens is 1. The van der Waals surface area contributed by atoms with Gasteiger partial charge in [0.15, 0.2) is 0 Å². The number of rotatable bonds is 3. The van der Waals surface area contributed by atoms with Gasteiger partial charge in [-0.05, 0) is 24.3 Å². The van der Waals surface area contributed by atoms with Gasteiger partial charge >= 0.3 is 24.8 Å². The first kappa shape index (κ1) is 18.1. The van der Waals surface area contributed by atoms with E-state index in [2.05, 4.69) is 10.3 Å². The molecule has 0 aliphatic carbocycles. The molecule has 3 N–H and O–H groups in total. The molecule has 0 saturated heterocycles. The van der Waals surface area contributed by atoms with Crippen molar-refractivity contribution >= 4 is 17.5 Å². The quantitative estimate of drug-likeness (QED) is 0.745. The number of nitrogens with zero attached hydrogens (tertiary/aromatic N) is 1. The molecule has 100 valence electrons. The minimum atomic E-state index is -1.32. The molecule has 0 amide bonds. The number of anilines is 2. The second kappa shape index (κ2) is 7.60. The molecule has 0 aliphatic heterocycles. The van der Waals surface area contributed by atoms with Crippen LogP contribution in [0.1, 0.15) is 10.4 Å². The van der Waals surface area contributed by atoms with Crippen molar-refractivity contribution in [2.24, 2.45) is 0 Å². The van der Waals surface area contributed by atoms with Gasteiger partial charge in [-0.1, -0.05) is 6.07 Å². The molecule has 1 aromatic carbocycles.